The van der Waals surface area contributed by atoms with Crippen molar-refractivity contribution in [3.05, 3.63) is 134 Å². The van der Waals surface area contributed by atoms with E-state index < -0.39 is 0 Å². The minimum absolute atomic E-state index is 0.937. The van der Waals surface area contributed by atoms with Gasteiger partial charge in [-0.1, -0.05) is 98.1 Å². The predicted octanol–water partition coefficient (Wildman–Crippen LogP) is 7.70. The fourth-order valence-corrected chi connectivity index (χ4v) is 3.52. The standard InChI is InChI=1S/C28H23N/c1-3-27(22-13-9-6-10-14-22)28(4-2)29-26-18-17-24-19-23(15-16-25(24)20-26)21-11-7-5-8-12-21/h3-20,29H,1-2H2/b28-27-. The van der Waals surface area contributed by atoms with Crippen molar-refractivity contribution in [3.63, 3.8) is 0 Å². The maximum Gasteiger partial charge on any atom is 0.0457 e. The Balaban J connectivity index is 1.68. The second-order valence-corrected chi connectivity index (χ2v) is 6.87. The molecule has 0 spiro atoms. The zero-order chi connectivity index (χ0) is 20.1. The molecule has 29 heavy (non-hydrogen) atoms. The van der Waals surface area contributed by atoms with Crippen LogP contribution in [0.3, 0.4) is 0 Å². The zero-order valence-corrected chi connectivity index (χ0v) is 16.3. The first-order valence-corrected chi connectivity index (χ1v) is 9.69. The molecule has 140 valence electrons. The first-order chi connectivity index (χ1) is 14.3. The van der Waals surface area contributed by atoms with E-state index in [1.807, 2.05) is 36.4 Å². The fraction of sp³-hybridized carbons (Fsp3) is 0. The Morgan fingerprint density at radius 3 is 1.97 bits per heavy atom. The summed E-state index contributed by atoms with van der Waals surface area (Å²) in [5.41, 5.74) is 6.55. The number of benzene rings is 4. The van der Waals surface area contributed by atoms with Crippen LogP contribution in [0.4, 0.5) is 5.69 Å². The number of allylic oxidation sites excluding steroid dienone is 3. The van der Waals surface area contributed by atoms with Crippen LogP contribution < -0.4 is 5.32 Å². The number of nitrogens with one attached hydrogen (secondary N) is 1. The van der Waals surface area contributed by atoms with Crippen LogP contribution in [0.5, 0.6) is 0 Å². The molecule has 4 rings (SSSR count). The Morgan fingerprint density at radius 2 is 1.28 bits per heavy atom. The monoisotopic (exact) mass is 373 g/mol. The Bertz CT molecular complexity index is 1180. The van der Waals surface area contributed by atoms with Crippen molar-refractivity contribution in [2.45, 2.75) is 0 Å². The second-order valence-electron chi connectivity index (χ2n) is 6.87. The highest BCUT2D eigenvalue weighted by molar-refractivity contribution is 5.90. The molecule has 0 saturated carbocycles. The van der Waals surface area contributed by atoms with Crippen molar-refractivity contribution in [2.75, 3.05) is 5.32 Å². The third-order valence-corrected chi connectivity index (χ3v) is 5.01. The summed E-state index contributed by atoms with van der Waals surface area (Å²) in [6.07, 6.45) is 3.71. The molecule has 0 aliphatic rings. The van der Waals surface area contributed by atoms with Gasteiger partial charge in [0.15, 0.2) is 0 Å². The highest BCUT2D eigenvalue weighted by Gasteiger charge is 2.06. The maximum atomic E-state index is 3.99. The molecule has 1 heteroatoms. The third-order valence-electron chi connectivity index (χ3n) is 5.01. The lowest BCUT2D eigenvalue weighted by Crippen LogP contribution is -2.00. The summed E-state index contributed by atoms with van der Waals surface area (Å²) < 4.78 is 0. The van der Waals surface area contributed by atoms with Crippen LogP contribution in [-0.2, 0) is 0 Å². The van der Waals surface area contributed by atoms with Crippen LogP contribution in [0.1, 0.15) is 5.56 Å². The van der Waals surface area contributed by atoms with Crippen molar-refractivity contribution >= 4 is 22.0 Å². The molecule has 0 unspecified atom stereocenters. The van der Waals surface area contributed by atoms with Gasteiger partial charge in [0.2, 0.25) is 0 Å². The highest BCUT2D eigenvalue weighted by atomic mass is 14.9. The van der Waals surface area contributed by atoms with Crippen LogP contribution in [-0.4, -0.2) is 0 Å². The average Bonchev–Trinajstić information content (AvgIpc) is 2.79. The summed E-state index contributed by atoms with van der Waals surface area (Å²) >= 11 is 0. The summed E-state index contributed by atoms with van der Waals surface area (Å²) in [4.78, 5) is 0. The van der Waals surface area contributed by atoms with Crippen molar-refractivity contribution in [3.8, 4) is 11.1 Å². The number of hydrogen-bond acceptors (Lipinski definition) is 1. The zero-order valence-electron chi connectivity index (χ0n) is 16.3. The molecule has 4 aromatic rings. The van der Waals surface area contributed by atoms with Crippen molar-refractivity contribution in [2.24, 2.45) is 0 Å². The molecule has 0 aliphatic heterocycles. The van der Waals surface area contributed by atoms with Crippen LogP contribution >= 0.6 is 0 Å². The molecule has 0 bridgehead atoms. The first kappa shape index (κ1) is 18.5. The van der Waals surface area contributed by atoms with E-state index in [0.29, 0.717) is 0 Å². The molecule has 0 amide bonds. The molecule has 0 saturated heterocycles. The van der Waals surface area contributed by atoms with Gasteiger partial charge in [-0.25, -0.2) is 0 Å². The molecule has 0 fully saturated rings. The molecule has 1 nitrogen and oxygen atoms in total. The molecular weight excluding hydrogens is 350 g/mol. The highest BCUT2D eigenvalue weighted by Crippen LogP contribution is 2.28. The van der Waals surface area contributed by atoms with E-state index >= 15 is 0 Å². The quantitative estimate of drug-likeness (QED) is 0.341. The molecule has 0 aliphatic carbocycles. The van der Waals surface area contributed by atoms with Crippen LogP contribution in [0.2, 0.25) is 0 Å². The Kier molecular flexibility index (Phi) is 5.40. The minimum atomic E-state index is 0.937. The molecule has 0 heterocycles. The molecule has 4 aromatic carbocycles. The van der Waals surface area contributed by atoms with Crippen molar-refractivity contribution in [1.29, 1.82) is 0 Å². The minimum Gasteiger partial charge on any atom is -0.355 e. The maximum absolute atomic E-state index is 3.99. The van der Waals surface area contributed by atoms with Crippen LogP contribution in [0.25, 0.3) is 27.5 Å². The Hall–Kier alpha value is -3.84. The van der Waals surface area contributed by atoms with Crippen molar-refractivity contribution < 1.29 is 0 Å². The van der Waals surface area contributed by atoms with E-state index in [1.165, 1.54) is 21.9 Å². The van der Waals surface area contributed by atoms with Gasteiger partial charge in [0, 0.05) is 17.0 Å². The lowest BCUT2D eigenvalue weighted by molar-refractivity contribution is 1.48. The summed E-state index contributed by atoms with van der Waals surface area (Å²) in [7, 11) is 0. The summed E-state index contributed by atoms with van der Waals surface area (Å²) in [5, 5.41) is 5.92. The van der Waals surface area contributed by atoms with Gasteiger partial charge in [-0.05, 0) is 51.7 Å². The normalized spacial score (nSPS) is 11.6. The SMILES string of the molecule is C=C/C(Nc1ccc2cc(-c3ccccc3)ccc2c1)=C(\C=C)c1ccccc1. The van der Waals surface area contributed by atoms with E-state index in [9.17, 15) is 0 Å². The number of hydrogen-bond donors (Lipinski definition) is 1. The van der Waals surface area contributed by atoms with Crippen molar-refractivity contribution in [1.82, 2.24) is 0 Å². The van der Waals surface area contributed by atoms with Gasteiger partial charge >= 0.3 is 0 Å². The van der Waals surface area contributed by atoms with Gasteiger partial charge in [0.25, 0.3) is 0 Å². The average molecular weight is 373 g/mol. The van der Waals surface area contributed by atoms with Gasteiger partial charge in [0.05, 0.1) is 0 Å². The number of fused-ring (bicyclic) bond motifs is 1. The smallest absolute Gasteiger partial charge is 0.0457 e. The fourth-order valence-electron chi connectivity index (χ4n) is 3.52. The summed E-state index contributed by atoms with van der Waals surface area (Å²) in [6.45, 7) is 7.98. The van der Waals surface area contributed by atoms with Gasteiger partial charge in [-0.15, -0.1) is 0 Å². The molecule has 1 N–H and O–H groups in total. The van der Waals surface area contributed by atoms with Gasteiger partial charge in [0.1, 0.15) is 0 Å². The summed E-state index contributed by atoms with van der Waals surface area (Å²) in [5.74, 6) is 0. The molecule has 0 aromatic heterocycles. The van der Waals surface area contributed by atoms with Gasteiger partial charge in [-0.2, -0.15) is 0 Å². The number of anilines is 1. The molecule has 0 radical (unpaired) electrons. The first-order valence-electron chi connectivity index (χ1n) is 9.69. The summed E-state index contributed by atoms with van der Waals surface area (Å²) in [6, 6.07) is 33.7. The Morgan fingerprint density at radius 1 is 0.621 bits per heavy atom. The lowest BCUT2D eigenvalue weighted by Gasteiger charge is -2.13. The Labute approximate surface area is 172 Å². The number of rotatable bonds is 6. The topological polar surface area (TPSA) is 12.0 Å². The van der Waals surface area contributed by atoms with Crippen LogP contribution in [0, 0.1) is 0 Å². The molecule has 0 atom stereocenters. The van der Waals surface area contributed by atoms with E-state index in [-0.39, 0.29) is 0 Å². The van der Waals surface area contributed by atoms with E-state index in [1.54, 1.807) is 0 Å². The predicted molar refractivity (Wildman–Crippen MR) is 127 cm³/mol. The van der Waals surface area contributed by atoms with E-state index in [0.717, 1.165) is 22.5 Å². The van der Waals surface area contributed by atoms with Crippen LogP contribution in [0.15, 0.2) is 128 Å². The van der Waals surface area contributed by atoms with Gasteiger partial charge in [-0.3, -0.25) is 0 Å². The van der Waals surface area contributed by atoms with Gasteiger partial charge < -0.3 is 5.32 Å². The van der Waals surface area contributed by atoms with E-state index in [4.69, 9.17) is 0 Å². The van der Waals surface area contributed by atoms with E-state index in [2.05, 4.69) is 91.3 Å². The largest absolute Gasteiger partial charge is 0.355 e. The second kappa shape index (κ2) is 8.45. The lowest BCUT2D eigenvalue weighted by atomic mass is 10.0. The third kappa shape index (κ3) is 4.04. The molecular formula is C28H23N.